The zero-order chi connectivity index (χ0) is 10.8. The standard InChI is InChI=1S/C10H12BrNO2S/c11-9-4-6-7(12-5-10(13)14)2-1-3-8(6)15-9/h4,7,12H,1-3,5H2,(H,13,14). The van der Waals surface area contributed by atoms with Gasteiger partial charge in [-0.15, -0.1) is 11.3 Å². The third kappa shape index (κ3) is 2.59. The number of carboxylic acids is 1. The van der Waals surface area contributed by atoms with E-state index in [0.29, 0.717) is 0 Å². The molecule has 1 unspecified atom stereocenters. The van der Waals surface area contributed by atoms with E-state index in [1.54, 1.807) is 11.3 Å². The van der Waals surface area contributed by atoms with Gasteiger partial charge >= 0.3 is 5.97 Å². The summed E-state index contributed by atoms with van der Waals surface area (Å²) in [6.45, 7) is 0.0393. The molecule has 0 amide bonds. The molecule has 1 heterocycles. The Morgan fingerprint density at radius 2 is 2.53 bits per heavy atom. The summed E-state index contributed by atoms with van der Waals surface area (Å²) in [7, 11) is 0. The van der Waals surface area contributed by atoms with Gasteiger partial charge in [-0.05, 0) is 46.8 Å². The van der Waals surface area contributed by atoms with E-state index < -0.39 is 5.97 Å². The number of carbonyl (C=O) groups is 1. The summed E-state index contributed by atoms with van der Waals surface area (Å²) >= 11 is 5.23. The third-order valence-corrected chi connectivity index (χ3v) is 4.30. The van der Waals surface area contributed by atoms with Crippen LogP contribution < -0.4 is 5.32 Å². The molecule has 1 aliphatic carbocycles. The summed E-state index contributed by atoms with van der Waals surface area (Å²) in [4.78, 5) is 11.9. The van der Waals surface area contributed by atoms with Gasteiger partial charge in [0.15, 0.2) is 0 Å². The Kier molecular flexibility index (Phi) is 3.43. The van der Waals surface area contributed by atoms with Gasteiger partial charge in [-0.1, -0.05) is 0 Å². The Bertz CT molecular complexity index is 377. The Balaban J connectivity index is 2.11. The highest BCUT2D eigenvalue weighted by molar-refractivity contribution is 9.11. The van der Waals surface area contributed by atoms with Crippen LogP contribution in [0.1, 0.15) is 29.3 Å². The van der Waals surface area contributed by atoms with Crippen LogP contribution in [0.5, 0.6) is 0 Å². The first-order chi connectivity index (χ1) is 7.16. The molecule has 0 fully saturated rings. The molecule has 1 atom stereocenters. The van der Waals surface area contributed by atoms with Crippen LogP contribution in [0, 0.1) is 0 Å². The van der Waals surface area contributed by atoms with Gasteiger partial charge in [-0.2, -0.15) is 0 Å². The normalized spacial score (nSPS) is 19.9. The van der Waals surface area contributed by atoms with Crippen LogP contribution >= 0.6 is 27.3 Å². The topological polar surface area (TPSA) is 49.3 Å². The lowest BCUT2D eigenvalue weighted by Gasteiger charge is -2.22. The molecule has 0 aliphatic heterocycles. The van der Waals surface area contributed by atoms with Crippen LogP contribution in [-0.4, -0.2) is 17.6 Å². The maximum absolute atomic E-state index is 10.5. The molecule has 15 heavy (non-hydrogen) atoms. The Morgan fingerprint density at radius 1 is 1.73 bits per heavy atom. The van der Waals surface area contributed by atoms with Crippen molar-refractivity contribution in [1.29, 1.82) is 0 Å². The number of nitrogens with one attached hydrogen (secondary N) is 1. The largest absolute Gasteiger partial charge is 0.480 e. The minimum atomic E-state index is -0.795. The van der Waals surface area contributed by atoms with Gasteiger partial charge < -0.3 is 10.4 Å². The second-order valence-corrected chi connectivity index (χ2v) is 6.16. The molecular formula is C10H12BrNO2S. The molecule has 0 saturated heterocycles. The molecule has 1 aromatic heterocycles. The van der Waals surface area contributed by atoms with E-state index in [-0.39, 0.29) is 12.6 Å². The molecule has 1 aromatic rings. The van der Waals surface area contributed by atoms with E-state index in [4.69, 9.17) is 5.11 Å². The maximum atomic E-state index is 10.5. The fraction of sp³-hybridized carbons (Fsp3) is 0.500. The first kappa shape index (κ1) is 11.1. The van der Waals surface area contributed by atoms with Crippen molar-refractivity contribution >= 4 is 33.2 Å². The molecule has 0 bridgehead atoms. The predicted molar refractivity (Wildman–Crippen MR) is 63.3 cm³/mol. The van der Waals surface area contributed by atoms with E-state index in [0.717, 1.165) is 23.0 Å². The Hall–Kier alpha value is -0.390. The molecule has 1 aliphatic rings. The van der Waals surface area contributed by atoms with E-state index in [1.165, 1.54) is 10.4 Å². The van der Waals surface area contributed by atoms with E-state index in [9.17, 15) is 4.79 Å². The third-order valence-electron chi connectivity index (χ3n) is 2.58. The smallest absolute Gasteiger partial charge is 0.317 e. The van der Waals surface area contributed by atoms with Crippen LogP contribution in [0.3, 0.4) is 0 Å². The average Bonchev–Trinajstić information content (AvgIpc) is 2.55. The second-order valence-electron chi connectivity index (χ2n) is 3.65. The zero-order valence-corrected chi connectivity index (χ0v) is 10.5. The number of hydrogen-bond acceptors (Lipinski definition) is 3. The van der Waals surface area contributed by atoms with Crippen LogP contribution in [0.15, 0.2) is 9.85 Å². The van der Waals surface area contributed by atoms with E-state index in [1.807, 2.05) is 0 Å². The molecule has 2 N–H and O–H groups in total. The van der Waals surface area contributed by atoms with Crippen LogP contribution in [0.25, 0.3) is 0 Å². The number of carboxylic acid groups (broad SMARTS) is 1. The minimum absolute atomic E-state index is 0.0393. The first-order valence-corrected chi connectivity index (χ1v) is 6.51. The van der Waals surface area contributed by atoms with Gasteiger partial charge in [0.25, 0.3) is 0 Å². The fourth-order valence-electron chi connectivity index (χ4n) is 1.94. The summed E-state index contributed by atoms with van der Waals surface area (Å²) in [5.41, 5.74) is 1.28. The Labute approximate surface area is 101 Å². The number of thiophene rings is 1. The number of aryl methyl sites for hydroxylation is 1. The van der Waals surface area contributed by atoms with Crippen molar-refractivity contribution in [3.05, 3.63) is 20.3 Å². The predicted octanol–water partition coefficient (Wildman–Crippen LogP) is 2.56. The monoisotopic (exact) mass is 289 g/mol. The quantitative estimate of drug-likeness (QED) is 0.899. The molecule has 3 nitrogen and oxygen atoms in total. The lowest BCUT2D eigenvalue weighted by atomic mass is 9.94. The molecule has 82 valence electrons. The van der Waals surface area contributed by atoms with Crippen molar-refractivity contribution in [2.45, 2.75) is 25.3 Å². The van der Waals surface area contributed by atoms with Gasteiger partial charge in [0.05, 0.1) is 10.3 Å². The number of halogens is 1. The highest BCUT2D eigenvalue weighted by Gasteiger charge is 2.22. The molecule has 0 spiro atoms. The van der Waals surface area contributed by atoms with Gasteiger partial charge in [0, 0.05) is 10.9 Å². The second kappa shape index (κ2) is 4.63. The summed E-state index contributed by atoms with van der Waals surface area (Å²) in [6, 6.07) is 2.32. The molecule has 0 saturated carbocycles. The van der Waals surface area contributed by atoms with Crippen molar-refractivity contribution in [2.75, 3.05) is 6.54 Å². The van der Waals surface area contributed by atoms with Gasteiger partial charge in [0.1, 0.15) is 0 Å². The van der Waals surface area contributed by atoms with Crippen LogP contribution in [0.4, 0.5) is 0 Å². The summed E-state index contributed by atoms with van der Waals surface area (Å²) in [5.74, 6) is -0.795. The SMILES string of the molecule is O=C(O)CNC1CCCc2sc(Br)cc21. The number of aliphatic carboxylic acids is 1. The van der Waals surface area contributed by atoms with E-state index >= 15 is 0 Å². The average molecular weight is 290 g/mol. The highest BCUT2D eigenvalue weighted by Crippen LogP contribution is 2.37. The maximum Gasteiger partial charge on any atom is 0.317 e. The molecular weight excluding hydrogens is 278 g/mol. The van der Waals surface area contributed by atoms with Crippen LogP contribution in [-0.2, 0) is 11.2 Å². The van der Waals surface area contributed by atoms with Gasteiger partial charge in [-0.25, -0.2) is 0 Å². The van der Waals surface area contributed by atoms with Crippen molar-refractivity contribution < 1.29 is 9.90 Å². The molecule has 2 rings (SSSR count). The van der Waals surface area contributed by atoms with Crippen molar-refractivity contribution in [3.8, 4) is 0 Å². The highest BCUT2D eigenvalue weighted by atomic mass is 79.9. The summed E-state index contributed by atoms with van der Waals surface area (Å²) < 4.78 is 1.14. The minimum Gasteiger partial charge on any atom is -0.480 e. The van der Waals surface area contributed by atoms with Gasteiger partial charge in [-0.3, -0.25) is 4.79 Å². The fourth-order valence-corrected chi connectivity index (χ4v) is 3.76. The lowest BCUT2D eigenvalue weighted by molar-refractivity contribution is -0.136. The number of hydrogen-bond donors (Lipinski definition) is 2. The van der Waals surface area contributed by atoms with Crippen molar-refractivity contribution in [2.24, 2.45) is 0 Å². The molecule has 0 radical (unpaired) electrons. The first-order valence-electron chi connectivity index (χ1n) is 4.90. The molecule has 5 heteroatoms. The van der Waals surface area contributed by atoms with Gasteiger partial charge in [0.2, 0.25) is 0 Å². The van der Waals surface area contributed by atoms with Crippen molar-refractivity contribution in [1.82, 2.24) is 5.32 Å². The Morgan fingerprint density at radius 3 is 3.27 bits per heavy atom. The summed E-state index contributed by atoms with van der Waals surface area (Å²) in [5, 5.41) is 11.7. The van der Waals surface area contributed by atoms with Crippen molar-refractivity contribution in [3.63, 3.8) is 0 Å². The van der Waals surface area contributed by atoms with Crippen LogP contribution in [0.2, 0.25) is 0 Å². The summed E-state index contributed by atoms with van der Waals surface area (Å²) in [6.07, 6.45) is 3.29. The molecule has 0 aromatic carbocycles. The lowest BCUT2D eigenvalue weighted by Crippen LogP contribution is -2.29. The number of fused-ring (bicyclic) bond motifs is 1. The number of rotatable bonds is 3. The zero-order valence-electron chi connectivity index (χ0n) is 8.12. The van der Waals surface area contributed by atoms with E-state index in [2.05, 4.69) is 27.3 Å².